The van der Waals surface area contributed by atoms with Gasteiger partial charge < -0.3 is 9.64 Å². The quantitative estimate of drug-likeness (QED) is 0.553. The first kappa shape index (κ1) is 22.0. The average Bonchev–Trinajstić information content (AvgIpc) is 3.10. The van der Waals surface area contributed by atoms with Crippen molar-refractivity contribution in [1.82, 2.24) is 14.7 Å². The van der Waals surface area contributed by atoms with Crippen LogP contribution in [0.4, 0.5) is 4.79 Å². The number of likely N-dealkylation sites (tertiary alicyclic amines) is 1. The van der Waals surface area contributed by atoms with Gasteiger partial charge in [-0.15, -0.1) is 5.54 Å². The molecule has 2 rings (SSSR count). The summed E-state index contributed by atoms with van der Waals surface area (Å²) in [6, 6.07) is 2.37. The Kier molecular flexibility index (Phi) is 6.30. The van der Waals surface area contributed by atoms with E-state index in [2.05, 4.69) is 37.2 Å². The normalized spacial score (nSPS) is 19.8. The number of hydrogen-bond donors (Lipinski definition) is 0. The van der Waals surface area contributed by atoms with E-state index in [0.717, 1.165) is 12.1 Å². The molecule has 0 aliphatic carbocycles. The monoisotopic (exact) mass is 400 g/mol. The van der Waals surface area contributed by atoms with E-state index in [9.17, 15) is 10.1 Å². The summed E-state index contributed by atoms with van der Waals surface area (Å²) in [4.78, 5) is 14.3. The molecular weight excluding hydrogens is 368 g/mol. The van der Waals surface area contributed by atoms with E-state index in [1.165, 1.54) is 0 Å². The second-order valence-electron chi connectivity index (χ2n) is 9.45. The van der Waals surface area contributed by atoms with Crippen LogP contribution in [0.2, 0.25) is 19.6 Å². The predicted molar refractivity (Wildman–Crippen MR) is 113 cm³/mol. The van der Waals surface area contributed by atoms with Crippen molar-refractivity contribution in [3.8, 4) is 17.5 Å². The predicted octanol–water partition coefficient (Wildman–Crippen LogP) is 4.12. The van der Waals surface area contributed by atoms with E-state index in [1.807, 2.05) is 39.3 Å². The molecule has 1 saturated heterocycles. The van der Waals surface area contributed by atoms with Crippen molar-refractivity contribution in [2.24, 2.45) is 0 Å². The molecule has 0 saturated carbocycles. The number of nitrogens with zero attached hydrogens (tertiary/aromatic N) is 4. The van der Waals surface area contributed by atoms with Crippen LogP contribution in [0.5, 0.6) is 0 Å². The first-order chi connectivity index (χ1) is 12.9. The van der Waals surface area contributed by atoms with E-state index in [4.69, 9.17) is 9.84 Å². The molecule has 1 aliphatic rings. The van der Waals surface area contributed by atoms with Crippen molar-refractivity contribution in [2.75, 3.05) is 6.54 Å². The first-order valence-electron chi connectivity index (χ1n) is 9.90. The number of carbonyl (C=O) groups is 1. The first-order valence-corrected chi connectivity index (χ1v) is 13.4. The highest BCUT2D eigenvalue weighted by Crippen LogP contribution is 2.31. The second kappa shape index (κ2) is 8.01. The van der Waals surface area contributed by atoms with Gasteiger partial charge in [0.2, 0.25) is 0 Å². The molecule has 0 radical (unpaired) electrons. The molecule has 2 heterocycles. The lowest BCUT2D eigenvalue weighted by Crippen LogP contribution is -2.39. The lowest BCUT2D eigenvalue weighted by molar-refractivity contribution is 0.0234. The Morgan fingerprint density at radius 1 is 1.36 bits per heavy atom. The zero-order chi connectivity index (χ0) is 21.3. The standard InChI is InChI=1S/C21H32N4O2Si/c1-9-19-17(13-22)18(10-11-28(6,7)8)23-25(19)16-12-15(2)24(14-16)20(26)27-21(3,4)5/h15-16H,9,12,14H2,1-8H3/t15-,16-/m0/s1. The van der Waals surface area contributed by atoms with Crippen LogP contribution in [0.1, 0.15) is 64.0 Å². The van der Waals surface area contributed by atoms with Crippen LogP contribution < -0.4 is 0 Å². The smallest absolute Gasteiger partial charge is 0.410 e. The van der Waals surface area contributed by atoms with Gasteiger partial charge in [0, 0.05) is 12.6 Å². The molecule has 1 amide bonds. The maximum Gasteiger partial charge on any atom is 0.410 e. The Hall–Kier alpha value is -2.25. The van der Waals surface area contributed by atoms with Crippen molar-refractivity contribution in [2.45, 2.75) is 84.8 Å². The van der Waals surface area contributed by atoms with Crippen LogP contribution in [-0.2, 0) is 11.2 Å². The van der Waals surface area contributed by atoms with Gasteiger partial charge in [-0.05, 0) is 40.5 Å². The van der Waals surface area contributed by atoms with Gasteiger partial charge in [-0.2, -0.15) is 10.4 Å². The Morgan fingerprint density at radius 2 is 2.00 bits per heavy atom. The van der Waals surface area contributed by atoms with Gasteiger partial charge >= 0.3 is 6.09 Å². The third-order valence-electron chi connectivity index (χ3n) is 4.54. The summed E-state index contributed by atoms with van der Waals surface area (Å²) in [5.41, 5.74) is 4.80. The van der Waals surface area contributed by atoms with Crippen LogP contribution in [0, 0.1) is 22.8 Å². The Balaban J connectivity index is 2.35. The molecule has 0 N–H and O–H groups in total. The number of ether oxygens (including phenoxy) is 1. The zero-order valence-electron chi connectivity index (χ0n) is 18.4. The minimum absolute atomic E-state index is 0.0204. The number of nitriles is 1. The lowest BCUT2D eigenvalue weighted by atomic mass is 10.1. The SMILES string of the molecule is CCc1c(C#N)c(C#C[Si](C)(C)C)nn1[C@H]1C[C@H](C)N(C(=O)OC(C)(C)C)C1. The highest BCUT2D eigenvalue weighted by atomic mass is 28.3. The van der Waals surface area contributed by atoms with Gasteiger partial charge in [-0.25, -0.2) is 4.79 Å². The summed E-state index contributed by atoms with van der Waals surface area (Å²) in [6.07, 6.45) is 1.17. The highest BCUT2D eigenvalue weighted by molar-refractivity contribution is 6.83. The van der Waals surface area contributed by atoms with E-state index in [0.29, 0.717) is 24.2 Å². The van der Waals surface area contributed by atoms with Gasteiger partial charge in [0.25, 0.3) is 0 Å². The zero-order valence-corrected chi connectivity index (χ0v) is 19.4. The number of aromatic nitrogens is 2. The van der Waals surface area contributed by atoms with Crippen molar-refractivity contribution in [1.29, 1.82) is 5.26 Å². The molecule has 0 aromatic carbocycles. The van der Waals surface area contributed by atoms with Gasteiger partial charge in [0.1, 0.15) is 25.3 Å². The molecule has 152 valence electrons. The van der Waals surface area contributed by atoms with E-state index in [1.54, 1.807) is 4.90 Å². The fourth-order valence-electron chi connectivity index (χ4n) is 3.32. The third kappa shape index (κ3) is 5.17. The molecule has 7 heteroatoms. The molecule has 1 aromatic heterocycles. The number of carbonyl (C=O) groups excluding carboxylic acids is 1. The molecule has 0 bridgehead atoms. The summed E-state index contributed by atoms with van der Waals surface area (Å²) in [7, 11) is -1.57. The number of rotatable bonds is 2. The van der Waals surface area contributed by atoms with Gasteiger partial charge in [0.05, 0.1) is 11.7 Å². The average molecular weight is 401 g/mol. The fraction of sp³-hybridized carbons (Fsp3) is 0.667. The van der Waals surface area contributed by atoms with Crippen molar-refractivity contribution >= 4 is 14.2 Å². The highest BCUT2D eigenvalue weighted by Gasteiger charge is 2.37. The molecule has 0 unspecified atom stereocenters. The summed E-state index contributed by atoms with van der Waals surface area (Å²) in [6.45, 7) is 16.7. The Morgan fingerprint density at radius 3 is 2.50 bits per heavy atom. The lowest BCUT2D eigenvalue weighted by Gasteiger charge is -2.26. The second-order valence-corrected chi connectivity index (χ2v) is 14.2. The molecular formula is C21H32N4O2Si. The number of amides is 1. The van der Waals surface area contributed by atoms with E-state index < -0.39 is 13.7 Å². The Labute approximate surface area is 169 Å². The largest absolute Gasteiger partial charge is 0.444 e. The molecule has 28 heavy (non-hydrogen) atoms. The Bertz CT molecular complexity index is 843. The van der Waals surface area contributed by atoms with E-state index in [-0.39, 0.29) is 18.2 Å². The molecule has 1 fully saturated rings. The number of hydrogen-bond acceptors (Lipinski definition) is 4. The van der Waals surface area contributed by atoms with Gasteiger partial charge in [-0.1, -0.05) is 32.5 Å². The molecule has 2 atom stereocenters. The fourth-order valence-corrected chi connectivity index (χ4v) is 3.81. The van der Waals surface area contributed by atoms with Crippen molar-refractivity contribution < 1.29 is 9.53 Å². The maximum atomic E-state index is 12.5. The minimum atomic E-state index is -1.57. The third-order valence-corrected chi connectivity index (χ3v) is 5.41. The van der Waals surface area contributed by atoms with Crippen LogP contribution in [0.3, 0.4) is 0 Å². The van der Waals surface area contributed by atoms with Crippen molar-refractivity contribution in [3.63, 3.8) is 0 Å². The van der Waals surface area contributed by atoms with Crippen LogP contribution in [0.25, 0.3) is 0 Å². The summed E-state index contributed by atoms with van der Waals surface area (Å²) >= 11 is 0. The van der Waals surface area contributed by atoms with Crippen LogP contribution in [0.15, 0.2) is 0 Å². The summed E-state index contributed by atoms with van der Waals surface area (Å²) in [5, 5.41) is 14.4. The summed E-state index contributed by atoms with van der Waals surface area (Å²) in [5.74, 6) is 3.15. The minimum Gasteiger partial charge on any atom is -0.444 e. The maximum absolute atomic E-state index is 12.5. The van der Waals surface area contributed by atoms with Gasteiger partial charge in [0.15, 0.2) is 5.69 Å². The molecule has 6 nitrogen and oxygen atoms in total. The van der Waals surface area contributed by atoms with Crippen molar-refractivity contribution in [3.05, 3.63) is 17.0 Å². The van der Waals surface area contributed by atoms with Gasteiger partial charge in [-0.3, -0.25) is 4.68 Å². The van der Waals surface area contributed by atoms with E-state index >= 15 is 0 Å². The van der Waals surface area contributed by atoms with Crippen LogP contribution in [-0.4, -0.2) is 47.0 Å². The molecule has 1 aliphatic heterocycles. The summed E-state index contributed by atoms with van der Waals surface area (Å²) < 4.78 is 7.47. The molecule has 1 aromatic rings. The van der Waals surface area contributed by atoms with Crippen LogP contribution >= 0.6 is 0 Å². The topological polar surface area (TPSA) is 71.2 Å². The molecule has 0 spiro atoms.